The van der Waals surface area contributed by atoms with Gasteiger partial charge in [0.05, 0.1) is 12.1 Å². The zero-order chi connectivity index (χ0) is 18.3. The minimum atomic E-state index is -4.41. The topological polar surface area (TPSA) is 29.1 Å². The number of rotatable bonds is 3. The molecule has 0 aliphatic rings. The Kier molecular flexibility index (Phi) is 6.26. The van der Waals surface area contributed by atoms with Gasteiger partial charge >= 0.3 is 6.18 Å². The Hall–Kier alpha value is -2.71. The molecule has 2 aromatic rings. The molecule has 128 valence electrons. The minimum absolute atomic E-state index is 0.0158. The number of hydrogen-bond acceptors (Lipinski definition) is 1. The Morgan fingerprint density at radius 2 is 1.92 bits per heavy atom. The Labute approximate surface area is 148 Å². The summed E-state index contributed by atoms with van der Waals surface area (Å²) in [4.78, 5) is 11.7. The van der Waals surface area contributed by atoms with Crippen LogP contribution in [0.3, 0.4) is 0 Å². The summed E-state index contributed by atoms with van der Waals surface area (Å²) in [7, 11) is 0. The van der Waals surface area contributed by atoms with Crippen molar-refractivity contribution in [2.45, 2.75) is 6.18 Å². The third-order valence-corrected chi connectivity index (χ3v) is 3.44. The molecule has 1 N–H and O–H groups in total. The standard InChI is InChI=1S/C19H13ClF3NO/c20-17-9-2-1-7-15(17)10-11-18(25)24-12-4-6-14-5-3-8-16(13-14)19(21,22)23/h1-3,5,7-11,13H,12H2,(H,24,25)/b11-10+. The van der Waals surface area contributed by atoms with Crippen molar-refractivity contribution in [2.24, 2.45) is 0 Å². The Morgan fingerprint density at radius 1 is 1.16 bits per heavy atom. The summed E-state index contributed by atoms with van der Waals surface area (Å²) < 4.78 is 37.8. The molecule has 0 saturated carbocycles. The first kappa shape index (κ1) is 18.6. The number of hydrogen-bond donors (Lipinski definition) is 1. The van der Waals surface area contributed by atoms with Crippen LogP contribution in [0.5, 0.6) is 0 Å². The first-order valence-electron chi connectivity index (χ1n) is 7.23. The fourth-order valence-electron chi connectivity index (χ4n) is 1.89. The summed E-state index contributed by atoms with van der Waals surface area (Å²) in [5.41, 5.74) is 0.177. The van der Waals surface area contributed by atoms with E-state index in [1.165, 1.54) is 18.2 Å². The lowest BCUT2D eigenvalue weighted by atomic mass is 10.1. The molecule has 2 nitrogen and oxygen atoms in total. The molecule has 0 saturated heterocycles. The maximum Gasteiger partial charge on any atom is 0.416 e. The van der Waals surface area contributed by atoms with Crippen molar-refractivity contribution in [3.63, 3.8) is 0 Å². The summed E-state index contributed by atoms with van der Waals surface area (Å²) in [6.07, 6.45) is -1.53. The number of amides is 1. The van der Waals surface area contributed by atoms with E-state index in [2.05, 4.69) is 17.2 Å². The molecule has 0 atom stereocenters. The lowest BCUT2D eigenvalue weighted by Crippen LogP contribution is -2.20. The van der Waals surface area contributed by atoms with Crippen molar-refractivity contribution >= 4 is 23.6 Å². The smallest absolute Gasteiger partial charge is 0.342 e. The van der Waals surface area contributed by atoms with Crippen LogP contribution in [0.1, 0.15) is 16.7 Å². The fourth-order valence-corrected chi connectivity index (χ4v) is 2.08. The maximum absolute atomic E-state index is 12.6. The molecule has 2 rings (SSSR count). The molecule has 0 fully saturated rings. The Bertz CT molecular complexity index is 847. The fraction of sp³-hybridized carbons (Fsp3) is 0.105. The van der Waals surface area contributed by atoms with Crippen LogP contribution in [-0.2, 0) is 11.0 Å². The summed E-state index contributed by atoms with van der Waals surface area (Å²) in [5.74, 6) is 4.82. The van der Waals surface area contributed by atoms with Gasteiger partial charge in [-0.2, -0.15) is 13.2 Å². The van der Waals surface area contributed by atoms with Gasteiger partial charge in [-0.1, -0.05) is 47.7 Å². The van der Waals surface area contributed by atoms with Gasteiger partial charge in [0, 0.05) is 16.7 Å². The molecule has 0 aromatic heterocycles. The van der Waals surface area contributed by atoms with Gasteiger partial charge in [-0.15, -0.1) is 0 Å². The van der Waals surface area contributed by atoms with Crippen LogP contribution >= 0.6 is 11.6 Å². The molecule has 2 aromatic carbocycles. The number of halogens is 4. The average Bonchev–Trinajstić information content (AvgIpc) is 2.57. The molecule has 0 unspecified atom stereocenters. The second kappa shape index (κ2) is 8.41. The van der Waals surface area contributed by atoms with Gasteiger partial charge in [0.25, 0.3) is 0 Å². The Balaban J connectivity index is 1.90. The minimum Gasteiger partial charge on any atom is -0.342 e. The van der Waals surface area contributed by atoms with Crippen molar-refractivity contribution in [2.75, 3.05) is 6.54 Å². The molecule has 0 spiro atoms. The van der Waals surface area contributed by atoms with Gasteiger partial charge in [-0.25, -0.2) is 0 Å². The van der Waals surface area contributed by atoms with Crippen LogP contribution < -0.4 is 5.32 Å². The van der Waals surface area contributed by atoms with Crippen LogP contribution in [-0.4, -0.2) is 12.5 Å². The van der Waals surface area contributed by atoms with E-state index in [1.54, 1.807) is 30.3 Å². The van der Waals surface area contributed by atoms with Crippen molar-refractivity contribution < 1.29 is 18.0 Å². The average molecular weight is 364 g/mol. The number of benzene rings is 2. The monoisotopic (exact) mass is 363 g/mol. The maximum atomic E-state index is 12.6. The molecule has 1 amide bonds. The van der Waals surface area contributed by atoms with Gasteiger partial charge in [0.1, 0.15) is 0 Å². The third-order valence-electron chi connectivity index (χ3n) is 3.09. The van der Waals surface area contributed by atoms with Crippen molar-refractivity contribution in [3.05, 3.63) is 76.3 Å². The predicted molar refractivity (Wildman–Crippen MR) is 91.8 cm³/mol. The first-order valence-corrected chi connectivity index (χ1v) is 7.60. The lowest BCUT2D eigenvalue weighted by Gasteiger charge is -2.05. The highest BCUT2D eigenvalue weighted by Gasteiger charge is 2.30. The van der Waals surface area contributed by atoms with Crippen molar-refractivity contribution in [1.82, 2.24) is 5.32 Å². The van der Waals surface area contributed by atoms with Crippen LogP contribution in [0.2, 0.25) is 5.02 Å². The molecule has 0 aliphatic carbocycles. The highest BCUT2D eigenvalue weighted by Crippen LogP contribution is 2.29. The zero-order valence-corrected chi connectivity index (χ0v) is 13.7. The highest BCUT2D eigenvalue weighted by atomic mass is 35.5. The van der Waals surface area contributed by atoms with E-state index in [9.17, 15) is 18.0 Å². The number of alkyl halides is 3. The molecule has 25 heavy (non-hydrogen) atoms. The van der Waals surface area contributed by atoms with Crippen LogP contribution in [0, 0.1) is 11.8 Å². The normalized spacial score (nSPS) is 11.0. The van der Waals surface area contributed by atoms with Crippen LogP contribution in [0.25, 0.3) is 6.08 Å². The molecule has 0 radical (unpaired) electrons. The molecular formula is C19H13ClF3NO. The van der Waals surface area contributed by atoms with Crippen LogP contribution in [0.4, 0.5) is 13.2 Å². The quantitative estimate of drug-likeness (QED) is 0.629. The number of carbonyl (C=O) groups excluding carboxylic acids is 1. The summed E-state index contributed by atoms with van der Waals surface area (Å²) >= 11 is 5.96. The lowest BCUT2D eigenvalue weighted by molar-refractivity contribution is -0.137. The molecule has 0 aliphatic heterocycles. The van der Waals surface area contributed by atoms with E-state index in [0.717, 1.165) is 12.1 Å². The van der Waals surface area contributed by atoms with Gasteiger partial charge in [0.2, 0.25) is 5.91 Å². The second-order valence-corrected chi connectivity index (χ2v) is 5.36. The van der Waals surface area contributed by atoms with Crippen molar-refractivity contribution in [3.8, 4) is 11.8 Å². The van der Waals surface area contributed by atoms with E-state index < -0.39 is 11.7 Å². The van der Waals surface area contributed by atoms with E-state index in [0.29, 0.717) is 10.6 Å². The van der Waals surface area contributed by atoms with Gasteiger partial charge in [0.15, 0.2) is 0 Å². The van der Waals surface area contributed by atoms with E-state index in [1.807, 2.05) is 0 Å². The zero-order valence-electron chi connectivity index (χ0n) is 12.9. The predicted octanol–water partition coefficient (Wildman–Crippen LogP) is 4.54. The Morgan fingerprint density at radius 3 is 2.64 bits per heavy atom. The molecule has 0 heterocycles. The third kappa shape index (κ3) is 6.02. The summed E-state index contributed by atoms with van der Waals surface area (Å²) in [6, 6.07) is 11.8. The van der Waals surface area contributed by atoms with Gasteiger partial charge < -0.3 is 5.32 Å². The summed E-state index contributed by atoms with van der Waals surface area (Å²) in [5, 5.41) is 3.05. The molecule has 6 heteroatoms. The van der Waals surface area contributed by atoms with Gasteiger partial charge in [-0.05, 0) is 35.9 Å². The van der Waals surface area contributed by atoms with E-state index in [-0.39, 0.29) is 18.0 Å². The van der Waals surface area contributed by atoms with E-state index in [4.69, 9.17) is 11.6 Å². The van der Waals surface area contributed by atoms with Gasteiger partial charge in [-0.3, -0.25) is 4.79 Å². The second-order valence-electron chi connectivity index (χ2n) is 4.95. The SMILES string of the molecule is O=C(/C=C/c1ccccc1Cl)NCC#Cc1cccc(C(F)(F)F)c1. The number of carbonyl (C=O) groups is 1. The van der Waals surface area contributed by atoms with E-state index >= 15 is 0 Å². The van der Waals surface area contributed by atoms with Crippen molar-refractivity contribution in [1.29, 1.82) is 0 Å². The first-order chi connectivity index (χ1) is 11.9. The van der Waals surface area contributed by atoms with Crippen LogP contribution in [0.15, 0.2) is 54.6 Å². The highest BCUT2D eigenvalue weighted by molar-refractivity contribution is 6.32. The summed E-state index contributed by atoms with van der Waals surface area (Å²) in [6.45, 7) is 0.0158. The molecule has 0 bridgehead atoms. The molecular weight excluding hydrogens is 351 g/mol. The largest absolute Gasteiger partial charge is 0.416 e. The number of nitrogens with one attached hydrogen (secondary N) is 1.